The smallest absolute Gasteiger partial charge is 0.225 e. The molecule has 1 aliphatic heterocycles. The molecule has 0 saturated carbocycles. The van der Waals surface area contributed by atoms with Gasteiger partial charge in [-0.2, -0.15) is 4.98 Å². The van der Waals surface area contributed by atoms with E-state index >= 15 is 0 Å². The lowest BCUT2D eigenvalue weighted by Crippen LogP contribution is -2.30. The number of aliphatic hydroxyl groups is 1. The van der Waals surface area contributed by atoms with E-state index in [0.717, 1.165) is 43.1 Å². The maximum Gasteiger partial charge on any atom is 0.225 e. The highest BCUT2D eigenvalue weighted by molar-refractivity contribution is 5.64. The van der Waals surface area contributed by atoms with Gasteiger partial charge in [-0.05, 0) is 18.8 Å². The van der Waals surface area contributed by atoms with Crippen LogP contribution < -0.4 is 10.6 Å². The Balaban J connectivity index is 1.83. The molecular weight excluding hydrogens is 328 g/mol. The standard InChI is InChI=1S/C20H28N4O2/c1-14(2)18(13-25)23-20-22-17(15-7-4-3-5-8-15)11-19(24-20)21-12-16-9-6-10-26-16/h3-5,7-8,11,14,16,18,25H,6,9-10,12-13H2,1-2H3,(H2,21,22,23,24)/t16-,18+/m0/s1. The Morgan fingerprint density at radius 3 is 2.69 bits per heavy atom. The summed E-state index contributed by atoms with van der Waals surface area (Å²) >= 11 is 0. The third-order valence-electron chi connectivity index (χ3n) is 4.65. The zero-order chi connectivity index (χ0) is 18.4. The summed E-state index contributed by atoms with van der Waals surface area (Å²) in [6, 6.07) is 11.9. The molecule has 1 saturated heterocycles. The van der Waals surface area contributed by atoms with E-state index in [1.807, 2.05) is 36.4 Å². The highest BCUT2D eigenvalue weighted by atomic mass is 16.5. The molecule has 0 spiro atoms. The number of nitrogens with one attached hydrogen (secondary N) is 2. The van der Waals surface area contributed by atoms with Crippen molar-refractivity contribution < 1.29 is 9.84 Å². The van der Waals surface area contributed by atoms with Crippen LogP contribution in [-0.2, 0) is 4.74 Å². The van der Waals surface area contributed by atoms with Gasteiger partial charge in [0.05, 0.1) is 24.4 Å². The van der Waals surface area contributed by atoms with Gasteiger partial charge in [-0.1, -0.05) is 44.2 Å². The molecule has 3 N–H and O–H groups in total. The van der Waals surface area contributed by atoms with Crippen LogP contribution in [0.2, 0.25) is 0 Å². The van der Waals surface area contributed by atoms with E-state index in [1.165, 1.54) is 0 Å². The van der Waals surface area contributed by atoms with Crippen LogP contribution in [0.15, 0.2) is 36.4 Å². The van der Waals surface area contributed by atoms with Crippen molar-refractivity contribution in [3.63, 3.8) is 0 Å². The maximum atomic E-state index is 9.61. The molecule has 1 fully saturated rings. The minimum atomic E-state index is -0.0907. The molecule has 6 nitrogen and oxygen atoms in total. The van der Waals surface area contributed by atoms with Crippen LogP contribution in [0.4, 0.5) is 11.8 Å². The largest absolute Gasteiger partial charge is 0.394 e. The number of anilines is 2. The fourth-order valence-electron chi connectivity index (χ4n) is 2.97. The van der Waals surface area contributed by atoms with Crippen molar-refractivity contribution in [3.8, 4) is 11.3 Å². The molecule has 1 aromatic carbocycles. The number of aromatic nitrogens is 2. The Hall–Kier alpha value is -2.18. The van der Waals surface area contributed by atoms with Gasteiger partial charge in [0.1, 0.15) is 5.82 Å². The summed E-state index contributed by atoms with van der Waals surface area (Å²) in [7, 11) is 0. The summed E-state index contributed by atoms with van der Waals surface area (Å²) in [5, 5.41) is 16.3. The Bertz CT molecular complexity index is 687. The third kappa shape index (κ3) is 4.93. The first-order valence-electron chi connectivity index (χ1n) is 9.33. The normalized spacial score (nSPS) is 18.1. The fourth-order valence-corrected chi connectivity index (χ4v) is 2.97. The third-order valence-corrected chi connectivity index (χ3v) is 4.65. The average molecular weight is 356 g/mol. The maximum absolute atomic E-state index is 9.61. The molecule has 1 aliphatic rings. The summed E-state index contributed by atoms with van der Waals surface area (Å²) in [6.07, 6.45) is 2.43. The monoisotopic (exact) mass is 356 g/mol. The van der Waals surface area contributed by atoms with Gasteiger partial charge in [0.25, 0.3) is 0 Å². The SMILES string of the molecule is CC(C)[C@@H](CO)Nc1nc(NC[C@@H]2CCCO2)cc(-c2ccccc2)n1. The fraction of sp³-hybridized carbons (Fsp3) is 0.500. The average Bonchev–Trinajstić information content (AvgIpc) is 3.18. The van der Waals surface area contributed by atoms with Crippen molar-refractivity contribution in [3.05, 3.63) is 36.4 Å². The van der Waals surface area contributed by atoms with Crippen LogP contribution in [0.5, 0.6) is 0 Å². The van der Waals surface area contributed by atoms with Gasteiger partial charge in [0.2, 0.25) is 5.95 Å². The first-order valence-corrected chi connectivity index (χ1v) is 9.33. The highest BCUT2D eigenvalue weighted by Gasteiger charge is 2.17. The van der Waals surface area contributed by atoms with Crippen molar-refractivity contribution >= 4 is 11.8 Å². The van der Waals surface area contributed by atoms with Gasteiger partial charge in [-0.25, -0.2) is 4.98 Å². The van der Waals surface area contributed by atoms with Crippen molar-refractivity contribution in [2.24, 2.45) is 5.92 Å². The van der Waals surface area contributed by atoms with E-state index in [-0.39, 0.29) is 24.7 Å². The predicted octanol–water partition coefficient (Wildman–Crippen LogP) is 3.16. The predicted molar refractivity (Wildman–Crippen MR) is 104 cm³/mol. The van der Waals surface area contributed by atoms with E-state index < -0.39 is 0 Å². The first kappa shape index (κ1) is 18.6. The molecule has 0 unspecified atom stereocenters. The Morgan fingerprint density at radius 1 is 1.23 bits per heavy atom. The van der Waals surface area contributed by atoms with E-state index in [9.17, 15) is 5.11 Å². The summed E-state index contributed by atoms with van der Waals surface area (Å²) in [5.74, 6) is 1.55. The second-order valence-corrected chi connectivity index (χ2v) is 7.02. The molecule has 0 aliphatic carbocycles. The van der Waals surface area contributed by atoms with E-state index in [0.29, 0.717) is 5.95 Å². The van der Waals surface area contributed by atoms with Gasteiger partial charge in [-0.15, -0.1) is 0 Å². The van der Waals surface area contributed by atoms with Gasteiger partial charge in [0, 0.05) is 24.8 Å². The summed E-state index contributed by atoms with van der Waals surface area (Å²) < 4.78 is 5.68. The molecule has 0 radical (unpaired) electrons. The lowest BCUT2D eigenvalue weighted by atomic mass is 10.1. The van der Waals surface area contributed by atoms with Gasteiger partial charge >= 0.3 is 0 Å². The highest BCUT2D eigenvalue weighted by Crippen LogP contribution is 2.23. The summed E-state index contributed by atoms with van der Waals surface area (Å²) in [4.78, 5) is 9.24. The molecule has 6 heteroatoms. The minimum absolute atomic E-state index is 0.0370. The van der Waals surface area contributed by atoms with Crippen molar-refractivity contribution in [1.29, 1.82) is 0 Å². The molecule has 3 rings (SSSR count). The van der Waals surface area contributed by atoms with Crippen LogP contribution in [0.3, 0.4) is 0 Å². The van der Waals surface area contributed by atoms with Crippen LogP contribution in [0.25, 0.3) is 11.3 Å². The zero-order valence-electron chi connectivity index (χ0n) is 15.5. The summed E-state index contributed by atoms with van der Waals surface area (Å²) in [6.45, 7) is 5.73. The Morgan fingerprint density at radius 2 is 2.04 bits per heavy atom. The Labute approximate surface area is 155 Å². The molecule has 2 atom stereocenters. The number of benzene rings is 1. The van der Waals surface area contributed by atoms with Crippen LogP contribution in [0.1, 0.15) is 26.7 Å². The number of hydrogen-bond donors (Lipinski definition) is 3. The van der Waals surface area contributed by atoms with Gasteiger partial charge in [0.15, 0.2) is 0 Å². The van der Waals surface area contributed by atoms with Crippen LogP contribution in [-0.4, -0.2) is 47.0 Å². The zero-order valence-corrected chi connectivity index (χ0v) is 15.5. The summed E-state index contributed by atoms with van der Waals surface area (Å²) in [5.41, 5.74) is 1.88. The molecule has 2 heterocycles. The van der Waals surface area contributed by atoms with Crippen molar-refractivity contribution in [2.45, 2.75) is 38.8 Å². The molecule has 1 aromatic heterocycles. The second kappa shape index (κ2) is 8.96. The van der Waals surface area contributed by atoms with Crippen molar-refractivity contribution in [2.75, 3.05) is 30.4 Å². The first-order chi connectivity index (χ1) is 12.7. The number of hydrogen-bond acceptors (Lipinski definition) is 6. The Kier molecular flexibility index (Phi) is 6.41. The van der Waals surface area contributed by atoms with E-state index in [1.54, 1.807) is 0 Å². The second-order valence-electron chi connectivity index (χ2n) is 7.02. The molecule has 0 bridgehead atoms. The lowest BCUT2D eigenvalue weighted by Gasteiger charge is -2.21. The van der Waals surface area contributed by atoms with Crippen LogP contribution in [0, 0.1) is 5.92 Å². The topological polar surface area (TPSA) is 79.3 Å². The van der Waals surface area contributed by atoms with Gasteiger partial charge < -0.3 is 20.5 Å². The molecule has 0 amide bonds. The molecule has 26 heavy (non-hydrogen) atoms. The number of aliphatic hydroxyl groups excluding tert-OH is 1. The van der Waals surface area contributed by atoms with Crippen molar-refractivity contribution in [1.82, 2.24) is 9.97 Å². The number of rotatable bonds is 8. The number of ether oxygens (including phenoxy) is 1. The molecule has 2 aromatic rings. The number of nitrogens with zero attached hydrogens (tertiary/aromatic N) is 2. The minimum Gasteiger partial charge on any atom is -0.394 e. The van der Waals surface area contributed by atoms with E-state index in [2.05, 4.69) is 34.4 Å². The molecular formula is C20H28N4O2. The van der Waals surface area contributed by atoms with Crippen LogP contribution >= 0.6 is 0 Å². The van der Waals surface area contributed by atoms with Gasteiger partial charge in [-0.3, -0.25) is 0 Å². The van der Waals surface area contributed by atoms with E-state index in [4.69, 9.17) is 4.74 Å². The lowest BCUT2D eigenvalue weighted by molar-refractivity contribution is 0.120. The molecule has 140 valence electrons. The quantitative estimate of drug-likeness (QED) is 0.674.